The van der Waals surface area contributed by atoms with E-state index in [4.69, 9.17) is 9.26 Å². The highest BCUT2D eigenvalue weighted by Gasteiger charge is 2.36. The van der Waals surface area contributed by atoms with Crippen LogP contribution in [0.15, 0.2) is 34.9 Å². The molecule has 1 fully saturated rings. The van der Waals surface area contributed by atoms with E-state index in [0.717, 1.165) is 11.8 Å². The number of rotatable bonds is 5. The van der Waals surface area contributed by atoms with Crippen LogP contribution < -0.4 is 10.1 Å². The smallest absolute Gasteiger partial charge is 0.245 e. The van der Waals surface area contributed by atoms with E-state index in [9.17, 15) is 13.2 Å². The second-order valence-electron chi connectivity index (χ2n) is 5.80. The van der Waals surface area contributed by atoms with Crippen LogP contribution in [-0.2, 0) is 14.8 Å². The number of carbonyl (C=O) groups excluding carboxylic acids is 1. The molecule has 1 aromatic heterocycles. The summed E-state index contributed by atoms with van der Waals surface area (Å²) in [6.07, 6.45) is 2.23. The number of nitrogens with zero attached hydrogens (tertiary/aromatic N) is 2. The van der Waals surface area contributed by atoms with Gasteiger partial charge in [0.15, 0.2) is 0 Å². The van der Waals surface area contributed by atoms with Crippen molar-refractivity contribution in [1.29, 1.82) is 0 Å². The van der Waals surface area contributed by atoms with Gasteiger partial charge in [-0.3, -0.25) is 10.1 Å². The lowest BCUT2D eigenvalue weighted by molar-refractivity contribution is -0.119. The molecule has 8 nitrogen and oxygen atoms in total. The Morgan fingerprint density at radius 3 is 2.88 bits per heavy atom. The van der Waals surface area contributed by atoms with E-state index in [-0.39, 0.29) is 5.88 Å². The fourth-order valence-electron chi connectivity index (χ4n) is 2.92. The summed E-state index contributed by atoms with van der Waals surface area (Å²) in [4.78, 5) is 12.4. The van der Waals surface area contributed by atoms with Gasteiger partial charge in [0.1, 0.15) is 17.5 Å². The highest BCUT2D eigenvalue weighted by molar-refractivity contribution is 7.88. The van der Waals surface area contributed by atoms with Crippen LogP contribution in [0.25, 0.3) is 11.3 Å². The fourth-order valence-corrected chi connectivity index (χ4v) is 4.05. The van der Waals surface area contributed by atoms with E-state index >= 15 is 0 Å². The summed E-state index contributed by atoms with van der Waals surface area (Å²) >= 11 is 0. The maximum Gasteiger partial charge on any atom is 0.245 e. The van der Waals surface area contributed by atoms with E-state index in [0.29, 0.717) is 30.8 Å². The van der Waals surface area contributed by atoms with Crippen molar-refractivity contribution in [2.24, 2.45) is 0 Å². The van der Waals surface area contributed by atoms with Crippen molar-refractivity contribution in [1.82, 2.24) is 9.46 Å². The molecule has 2 aromatic rings. The first-order chi connectivity index (χ1) is 11.9. The zero-order chi connectivity index (χ0) is 18.0. The molecule has 1 unspecified atom stereocenters. The number of hydrogen-bond acceptors (Lipinski definition) is 6. The SMILES string of the molecule is COc1ccccc1-c1cc(NC(=O)C2CCCN2S(C)(=O)=O)on1. The van der Waals surface area contributed by atoms with E-state index < -0.39 is 22.0 Å². The van der Waals surface area contributed by atoms with Gasteiger partial charge in [0.2, 0.25) is 21.8 Å². The van der Waals surface area contributed by atoms with Crippen LogP contribution in [0.1, 0.15) is 12.8 Å². The minimum absolute atomic E-state index is 0.159. The minimum Gasteiger partial charge on any atom is -0.496 e. The summed E-state index contributed by atoms with van der Waals surface area (Å²) in [6, 6.07) is 8.15. The Bertz CT molecular complexity index is 877. The van der Waals surface area contributed by atoms with Crippen molar-refractivity contribution in [3.63, 3.8) is 0 Å². The fraction of sp³-hybridized carbons (Fsp3) is 0.375. The molecule has 0 spiro atoms. The number of anilines is 1. The molecule has 1 saturated heterocycles. The Labute approximate surface area is 145 Å². The van der Waals surface area contributed by atoms with Crippen LogP contribution in [0.4, 0.5) is 5.88 Å². The van der Waals surface area contributed by atoms with E-state index in [2.05, 4.69) is 10.5 Å². The molecular weight excluding hydrogens is 346 g/mol. The Kier molecular flexibility index (Phi) is 4.78. The van der Waals surface area contributed by atoms with Crippen LogP contribution >= 0.6 is 0 Å². The van der Waals surface area contributed by atoms with Gasteiger partial charge in [-0.15, -0.1) is 0 Å². The molecule has 1 aliphatic rings. The number of carbonyl (C=O) groups is 1. The number of nitrogens with one attached hydrogen (secondary N) is 1. The van der Waals surface area contributed by atoms with Gasteiger partial charge in [0.05, 0.1) is 13.4 Å². The summed E-state index contributed by atoms with van der Waals surface area (Å²) in [5.41, 5.74) is 1.24. The molecule has 1 aliphatic heterocycles. The number of aromatic nitrogens is 1. The molecule has 9 heteroatoms. The largest absolute Gasteiger partial charge is 0.496 e. The molecule has 134 valence electrons. The summed E-state index contributed by atoms with van der Waals surface area (Å²) < 4.78 is 35.2. The van der Waals surface area contributed by atoms with E-state index in [1.165, 1.54) is 4.31 Å². The van der Waals surface area contributed by atoms with Crippen molar-refractivity contribution in [3.8, 4) is 17.0 Å². The zero-order valence-corrected chi connectivity index (χ0v) is 14.7. The molecule has 3 rings (SSSR count). The van der Waals surface area contributed by atoms with Crippen LogP contribution in [0.5, 0.6) is 5.75 Å². The first kappa shape index (κ1) is 17.4. The molecule has 0 aliphatic carbocycles. The lowest BCUT2D eigenvalue weighted by atomic mass is 10.1. The highest BCUT2D eigenvalue weighted by atomic mass is 32.2. The van der Waals surface area contributed by atoms with Crippen LogP contribution in [0, 0.1) is 0 Å². The van der Waals surface area contributed by atoms with E-state index in [1.54, 1.807) is 19.2 Å². The van der Waals surface area contributed by atoms with Gasteiger partial charge in [-0.25, -0.2) is 8.42 Å². The second kappa shape index (κ2) is 6.85. The van der Waals surface area contributed by atoms with Crippen molar-refractivity contribution >= 4 is 21.8 Å². The number of methoxy groups -OCH3 is 1. The number of sulfonamides is 1. The predicted molar refractivity (Wildman–Crippen MR) is 91.7 cm³/mol. The first-order valence-corrected chi connectivity index (χ1v) is 9.63. The maximum absolute atomic E-state index is 12.4. The summed E-state index contributed by atoms with van der Waals surface area (Å²) in [7, 11) is -1.87. The molecular formula is C16H19N3O5S. The second-order valence-corrected chi connectivity index (χ2v) is 7.73. The third kappa shape index (κ3) is 3.67. The normalized spacial score (nSPS) is 18.2. The third-order valence-corrected chi connectivity index (χ3v) is 5.36. The monoisotopic (exact) mass is 365 g/mol. The molecule has 0 saturated carbocycles. The maximum atomic E-state index is 12.4. The number of ether oxygens (including phenoxy) is 1. The van der Waals surface area contributed by atoms with Crippen LogP contribution in [0.3, 0.4) is 0 Å². The van der Waals surface area contributed by atoms with Gasteiger partial charge in [-0.05, 0) is 25.0 Å². The number of amides is 1. The van der Waals surface area contributed by atoms with E-state index in [1.807, 2.05) is 18.2 Å². The summed E-state index contributed by atoms with van der Waals surface area (Å²) in [5, 5.41) is 6.54. The van der Waals surface area contributed by atoms with Gasteiger partial charge in [0, 0.05) is 18.2 Å². The van der Waals surface area contributed by atoms with Crippen molar-refractivity contribution in [2.45, 2.75) is 18.9 Å². The van der Waals surface area contributed by atoms with Gasteiger partial charge in [-0.1, -0.05) is 17.3 Å². The molecule has 0 bridgehead atoms. The topological polar surface area (TPSA) is 102 Å². The highest BCUT2D eigenvalue weighted by Crippen LogP contribution is 2.30. The Hall–Kier alpha value is -2.39. The number of hydrogen-bond donors (Lipinski definition) is 1. The van der Waals surface area contributed by atoms with Crippen molar-refractivity contribution < 1.29 is 22.5 Å². The average Bonchev–Trinajstić information content (AvgIpc) is 3.23. The molecule has 1 N–H and O–H groups in total. The Morgan fingerprint density at radius 2 is 2.16 bits per heavy atom. The van der Waals surface area contributed by atoms with Gasteiger partial charge < -0.3 is 9.26 Å². The van der Waals surface area contributed by atoms with Gasteiger partial charge in [0.25, 0.3) is 0 Å². The summed E-state index contributed by atoms with van der Waals surface area (Å²) in [6.45, 7) is 0.347. The molecule has 1 amide bonds. The predicted octanol–water partition coefficient (Wildman–Crippen LogP) is 1.71. The summed E-state index contributed by atoms with van der Waals surface area (Å²) in [5.74, 6) is 0.365. The van der Waals surface area contributed by atoms with Gasteiger partial charge >= 0.3 is 0 Å². The number of para-hydroxylation sites is 1. The lowest BCUT2D eigenvalue weighted by Crippen LogP contribution is -2.42. The minimum atomic E-state index is -3.43. The molecule has 25 heavy (non-hydrogen) atoms. The Balaban J connectivity index is 1.76. The average molecular weight is 365 g/mol. The first-order valence-electron chi connectivity index (χ1n) is 7.78. The third-order valence-electron chi connectivity index (χ3n) is 4.07. The molecule has 0 radical (unpaired) electrons. The standard InChI is InChI=1S/C16H19N3O5S/c1-23-14-8-4-3-6-11(14)12-10-15(24-18-12)17-16(20)13-7-5-9-19(13)25(2,21)22/h3-4,6,8,10,13H,5,7,9H2,1-2H3,(H,17,20). The molecule has 1 atom stereocenters. The Morgan fingerprint density at radius 1 is 1.40 bits per heavy atom. The zero-order valence-electron chi connectivity index (χ0n) is 13.9. The van der Waals surface area contributed by atoms with Gasteiger partial charge in [-0.2, -0.15) is 4.31 Å². The van der Waals surface area contributed by atoms with Crippen LogP contribution in [-0.4, -0.2) is 49.7 Å². The molecule has 2 heterocycles. The van der Waals surface area contributed by atoms with Crippen molar-refractivity contribution in [3.05, 3.63) is 30.3 Å². The van der Waals surface area contributed by atoms with Crippen LogP contribution in [0.2, 0.25) is 0 Å². The quantitative estimate of drug-likeness (QED) is 0.865. The van der Waals surface area contributed by atoms with Crippen molar-refractivity contribution in [2.75, 3.05) is 25.2 Å². The number of benzene rings is 1. The lowest BCUT2D eigenvalue weighted by Gasteiger charge is -2.20. The molecule has 1 aromatic carbocycles.